The van der Waals surface area contributed by atoms with E-state index in [9.17, 15) is 9.59 Å². The maximum Gasteiger partial charge on any atom is 0.335 e. The highest BCUT2D eigenvalue weighted by Crippen LogP contribution is 2.15. The summed E-state index contributed by atoms with van der Waals surface area (Å²) in [6, 6.07) is 16.5. The summed E-state index contributed by atoms with van der Waals surface area (Å²) in [7, 11) is 0. The number of carbonyl (C=O) groups excluding carboxylic acids is 1. The monoisotopic (exact) mass is 369 g/mol. The normalized spacial score (nSPS) is 12.3. The lowest BCUT2D eigenvalue weighted by molar-refractivity contribution is 0.0697. The first-order chi connectivity index (χ1) is 12.8. The smallest absolute Gasteiger partial charge is 0.335 e. The summed E-state index contributed by atoms with van der Waals surface area (Å²) in [6.07, 6.45) is 0. The fraction of sp³-hybridized carbons (Fsp3) is 0.333. The van der Waals surface area contributed by atoms with Gasteiger partial charge in [-0.15, -0.1) is 0 Å². The van der Waals surface area contributed by atoms with Gasteiger partial charge in [-0.2, -0.15) is 0 Å². The minimum absolute atomic E-state index is 0.166. The Morgan fingerprint density at radius 3 is 2.22 bits per heavy atom. The van der Waals surface area contributed by atoms with Gasteiger partial charge in [0.2, 0.25) is 0 Å². The molecule has 0 bridgehead atoms. The third-order valence-corrected chi connectivity index (χ3v) is 4.25. The van der Waals surface area contributed by atoms with Crippen molar-refractivity contribution in [3.05, 3.63) is 71.3 Å². The van der Waals surface area contributed by atoms with E-state index in [0.717, 1.165) is 5.56 Å². The summed E-state index contributed by atoms with van der Waals surface area (Å²) >= 11 is 0. The van der Waals surface area contributed by atoms with Gasteiger partial charge in [0.15, 0.2) is 0 Å². The molecule has 0 saturated heterocycles. The fourth-order valence-electron chi connectivity index (χ4n) is 2.77. The molecule has 0 aliphatic rings. The summed E-state index contributed by atoms with van der Waals surface area (Å²) in [6.45, 7) is 6.97. The lowest BCUT2D eigenvalue weighted by Gasteiger charge is -2.30. The van der Waals surface area contributed by atoms with Crippen LogP contribution in [0.3, 0.4) is 0 Å². The third kappa shape index (κ3) is 6.75. The van der Waals surface area contributed by atoms with E-state index in [2.05, 4.69) is 35.0 Å². The molecule has 1 unspecified atom stereocenters. The molecule has 4 N–H and O–H groups in total. The van der Waals surface area contributed by atoms with Crippen molar-refractivity contribution in [1.82, 2.24) is 16.0 Å². The van der Waals surface area contributed by atoms with Crippen LogP contribution in [-0.2, 0) is 6.54 Å². The Labute approximate surface area is 160 Å². The van der Waals surface area contributed by atoms with Gasteiger partial charge in [-0.05, 0) is 44.0 Å². The van der Waals surface area contributed by atoms with Crippen LogP contribution in [0.2, 0.25) is 0 Å². The van der Waals surface area contributed by atoms with E-state index in [4.69, 9.17) is 5.11 Å². The van der Waals surface area contributed by atoms with E-state index in [1.807, 2.05) is 32.0 Å². The Morgan fingerprint density at radius 1 is 1.00 bits per heavy atom. The van der Waals surface area contributed by atoms with Crippen LogP contribution in [-0.4, -0.2) is 29.2 Å². The zero-order valence-corrected chi connectivity index (χ0v) is 16.0. The summed E-state index contributed by atoms with van der Waals surface area (Å²) in [5.74, 6) is -0.966. The summed E-state index contributed by atoms with van der Waals surface area (Å²) in [5, 5.41) is 18.1. The van der Waals surface area contributed by atoms with Gasteiger partial charge in [-0.1, -0.05) is 42.5 Å². The number of carboxylic acids is 1. The molecule has 0 aliphatic carbocycles. The van der Waals surface area contributed by atoms with E-state index < -0.39 is 5.97 Å². The summed E-state index contributed by atoms with van der Waals surface area (Å²) in [5.41, 5.74) is 1.98. The maximum atomic E-state index is 12.0. The molecule has 144 valence electrons. The highest BCUT2D eigenvalue weighted by atomic mass is 16.4. The van der Waals surface area contributed by atoms with Crippen LogP contribution in [0.4, 0.5) is 4.79 Å². The van der Waals surface area contributed by atoms with Crippen molar-refractivity contribution in [2.75, 3.05) is 6.54 Å². The molecule has 0 saturated carbocycles. The van der Waals surface area contributed by atoms with Crippen LogP contribution in [0.5, 0.6) is 0 Å². The Balaban J connectivity index is 1.77. The predicted octanol–water partition coefficient (Wildman–Crippen LogP) is 3.31. The van der Waals surface area contributed by atoms with Crippen LogP contribution in [0, 0.1) is 0 Å². The second-order valence-electron chi connectivity index (χ2n) is 7.20. The van der Waals surface area contributed by atoms with Crippen LogP contribution < -0.4 is 16.0 Å². The minimum atomic E-state index is -0.966. The standard InChI is InChI=1S/C21H27N3O3/c1-15(17-7-5-4-6-8-17)24-21(2,3)14-23-20(27)22-13-16-9-11-18(12-10-16)19(25)26/h4-12,15,24H,13-14H2,1-3H3,(H,25,26)(H2,22,23,27). The van der Waals surface area contributed by atoms with Crippen molar-refractivity contribution in [3.8, 4) is 0 Å². The number of carboxylic acid groups (broad SMARTS) is 1. The molecule has 2 rings (SSSR count). The number of carbonyl (C=O) groups is 2. The third-order valence-electron chi connectivity index (χ3n) is 4.25. The number of nitrogens with one attached hydrogen (secondary N) is 3. The molecule has 6 heteroatoms. The van der Waals surface area contributed by atoms with E-state index in [1.54, 1.807) is 12.1 Å². The summed E-state index contributed by atoms with van der Waals surface area (Å²) < 4.78 is 0. The largest absolute Gasteiger partial charge is 0.478 e. The number of aromatic carboxylic acids is 1. The number of benzene rings is 2. The van der Waals surface area contributed by atoms with Gasteiger partial charge in [0.05, 0.1) is 5.56 Å². The second-order valence-corrected chi connectivity index (χ2v) is 7.20. The average molecular weight is 369 g/mol. The topological polar surface area (TPSA) is 90.5 Å². The SMILES string of the molecule is CC(NC(C)(C)CNC(=O)NCc1ccc(C(=O)O)cc1)c1ccccc1. The van der Waals surface area contributed by atoms with Crippen LogP contribution >= 0.6 is 0 Å². The van der Waals surface area contributed by atoms with E-state index in [1.165, 1.54) is 17.7 Å². The van der Waals surface area contributed by atoms with E-state index in [0.29, 0.717) is 13.1 Å². The molecule has 2 aromatic carbocycles. The molecule has 6 nitrogen and oxygen atoms in total. The molecular weight excluding hydrogens is 342 g/mol. The molecule has 27 heavy (non-hydrogen) atoms. The quantitative estimate of drug-likeness (QED) is 0.575. The maximum absolute atomic E-state index is 12.0. The molecule has 1 atom stereocenters. The number of hydrogen-bond donors (Lipinski definition) is 4. The summed E-state index contributed by atoms with van der Waals surface area (Å²) in [4.78, 5) is 22.9. The Morgan fingerprint density at radius 2 is 1.63 bits per heavy atom. The molecule has 0 radical (unpaired) electrons. The van der Waals surface area contributed by atoms with Gasteiger partial charge in [0.25, 0.3) is 0 Å². The minimum Gasteiger partial charge on any atom is -0.478 e. The molecule has 0 aliphatic heterocycles. The van der Waals surface area contributed by atoms with Crippen molar-refractivity contribution in [3.63, 3.8) is 0 Å². The lowest BCUT2D eigenvalue weighted by atomic mass is 10.0. The Hall–Kier alpha value is -2.86. The van der Waals surface area contributed by atoms with Gasteiger partial charge in [-0.3, -0.25) is 0 Å². The zero-order valence-electron chi connectivity index (χ0n) is 16.0. The second kappa shape index (κ2) is 9.19. The van der Waals surface area contributed by atoms with Gasteiger partial charge in [-0.25, -0.2) is 9.59 Å². The predicted molar refractivity (Wildman–Crippen MR) is 106 cm³/mol. The molecular formula is C21H27N3O3. The highest BCUT2D eigenvalue weighted by Gasteiger charge is 2.21. The molecule has 0 fully saturated rings. The first-order valence-corrected chi connectivity index (χ1v) is 8.93. The Kier molecular flexibility index (Phi) is 6.96. The molecule has 0 spiro atoms. The lowest BCUT2D eigenvalue weighted by Crippen LogP contribution is -2.51. The number of hydrogen-bond acceptors (Lipinski definition) is 3. The Bertz CT molecular complexity index is 758. The van der Waals surface area contributed by atoms with Gasteiger partial charge >= 0.3 is 12.0 Å². The molecule has 0 heterocycles. The van der Waals surface area contributed by atoms with Crippen LogP contribution in [0.15, 0.2) is 54.6 Å². The van der Waals surface area contributed by atoms with Crippen molar-refractivity contribution in [1.29, 1.82) is 0 Å². The van der Waals surface area contributed by atoms with Crippen LogP contribution in [0.25, 0.3) is 0 Å². The van der Waals surface area contributed by atoms with Crippen LogP contribution in [0.1, 0.15) is 48.3 Å². The number of urea groups is 1. The molecule has 2 aromatic rings. The first-order valence-electron chi connectivity index (χ1n) is 8.93. The fourth-order valence-corrected chi connectivity index (χ4v) is 2.77. The van der Waals surface area contributed by atoms with E-state index >= 15 is 0 Å². The highest BCUT2D eigenvalue weighted by molar-refractivity contribution is 5.87. The van der Waals surface area contributed by atoms with Gasteiger partial charge in [0, 0.05) is 24.7 Å². The van der Waals surface area contributed by atoms with Crippen molar-refractivity contribution >= 4 is 12.0 Å². The van der Waals surface area contributed by atoms with E-state index in [-0.39, 0.29) is 23.2 Å². The van der Waals surface area contributed by atoms with Gasteiger partial charge < -0.3 is 21.1 Å². The first kappa shape index (κ1) is 20.5. The molecule has 0 aromatic heterocycles. The van der Waals surface area contributed by atoms with Crippen molar-refractivity contribution < 1.29 is 14.7 Å². The number of rotatable bonds is 8. The average Bonchev–Trinajstić information content (AvgIpc) is 2.65. The molecule has 2 amide bonds. The van der Waals surface area contributed by atoms with Gasteiger partial charge in [0.1, 0.15) is 0 Å². The van der Waals surface area contributed by atoms with Crippen molar-refractivity contribution in [2.45, 2.75) is 38.9 Å². The number of amides is 2. The zero-order chi connectivity index (χ0) is 19.9. The van der Waals surface area contributed by atoms with Crippen molar-refractivity contribution in [2.24, 2.45) is 0 Å².